The maximum absolute atomic E-state index is 11.9. The first-order valence-corrected chi connectivity index (χ1v) is 7.49. The molecule has 1 amide bonds. The zero-order valence-corrected chi connectivity index (χ0v) is 14.0. The summed E-state index contributed by atoms with van der Waals surface area (Å²) in [6, 6.07) is 3.49. The molecule has 0 radical (unpaired) electrons. The minimum Gasteiger partial charge on any atom is -0.507 e. The van der Waals surface area contributed by atoms with Gasteiger partial charge in [-0.05, 0) is 35.8 Å². The zero-order valence-electron chi connectivity index (χ0n) is 14.0. The van der Waals surface area contributed by atoms with Gasteiger partial charge in [-0.15, -0.1) is 0 Å². The number of rotatable bonds is 5. The first kappa shape index (κ1) is 17.5. The van der Waals surface area contributed by atoms with Gasteiger partial charge in [0.25, 0.3) is 5.91 Å². The number of hydrogen-bond donors (Lipinski definition) is 3. The summed E-state index contributed by atoms with van der Waals surface area (Å²) in [5, 5.41) is 10.7. The van der Waals surface area contributed by atoms with Crippen LogP contribution in [0.25, 0.3) is 0 Å². The highest BCUT2D eigenvalue weighted by Crippen LogP contribution is 2.42. The molecule has 1 rings (SSSR count). The lowest BCUT2D eigenvalue weighted by atomic mass is 9.74. The Morgan fingerprint density at radius 3 is 1.76 bits per heavy atom. The Hall–Kier alpha value is -1.55. The average molecular weight is 292 g/mol. The monoisotopic (exact) mass is 292 g/mol. The smallest absolute Gasteiger partial charge is 0.265 e. The van der Waals surface area contributed by atoms with E-state index in [1.807, 2.05) is 0 Å². The molecule has 0 saturated heterocycles. The minimum absolute atomic E-state index is 0.215. The number of phenols is 1. The quantitative estimate of drug-likeness (QED) is 0.442. The Labute approximate surface area is 127 Å². The highest BCUT2D eigenvalue weighted by atomic mass is 16.3. The second-order valence-corrected chi connectivity index (χ2v) is 6.87. The second kappa shape index (κ2) is 6.06. The van der Waals surface area contributed by atoms with Gasteiger partial charge in [0, 0.05) is 16.7 Å². The lowest BCUT2D eigenvalue weighted by molar-refractivity contribution is 0.0953. The van der Waals surface area contributed by atoms with Gasteiger partial charge < -0.3 is 5.11 Å². The number of hydrazine groups is 1. The summed E-state index contributed by atoms with van der Waals surface area (Å²) in [6.45, 7) is 12.4. The van der Waals surface area contributed by atoms with Crippen molar-refractivity contribution in [2.45, 2.75) is 65.2 Å². The molecule has 0 unspecified atom stereocenters. The molecule has 21 heavy (non-hydrogen) atoms. The summed E-state index contributed by atoms with van der Waals surface area (Å²) in [6.07, 6.45) is 1.72. The van der Waals surface area contributed by atoms with Gasteiger partial charge in [0.1, 0.15) is 5.75 Å². The van der Waals surface area contributed by atoms with Crippen LogP contribution in [-0.4, -0.2) is 11.0 Å². The third-order valence-corrected chi connectivity index (χ3v) is 4.73. The largest absolute Gasteiger partial charge is 0.507 e. The molecule has 1 aromatic rings. The summed E-state index contributed by atoms with van der Waals surface area (Å²) in [5.74, 6) is 5.22. The van der Waals surface area contributed by atoms with E-state index in [-0.39, 0.29) is 16.7 Å². The number of phenolic OH excluding ortho intramolecular Hbond substituents is 1. The van der Waals surface area contributed by atoms with Crippen LogP contribution in [0.1, 0.15) is 75.9 Å². The van der Waals surface area contributed by atoms with Gasteiger partial charge in [0.05, 0.1) is 0 Å². The van der Waals surface area contributed by atoms with Gasteiger partial charge in [-0.2, -0.15) is 0 Å². The molecular formula is C17H28N2O2. The minimum atomic E-state index is -0.337. The molecule has 4 nitrogen and oxygen atoms in total. The fourth-order valence-electron chi connectivity index (χ4n) is 2.26. The van der Waals surface area contributed by atoms with Crippen LogP contribution >= 0.6 is 0 Å². The molecule has 118 valence electrons. The van der Waals surface area contributed by atoms with Gasteiger partial charge in [-0.25, -0.2) is 5.84 Å². The van der Waals surface area contributed by atoms with E-state index >= 15 is 0 Å². The molecule has 0 aliphatic carbocycles. The van der Waals surface area contributed by atoms with Crippen molar-refractivity contribution in [3.63, 3.8) is 0 Å². The number of carbonyl (C=O) groups is 1. The fraction of sp³-hybridized carbons (Fsp3) is 0.588. The molecule has 0 aliphatic rings. The van der Waals surface area contributed by atoms with Gasteiger partial charge in [-0.1, -0.05) is 41.5 Å². The summed E-state index contributed by atoms with van der Waals surface area (Å²) >= 11 is 0. The molecule has 0 saturated carbocycles. The molecular weight excluding hydrogens is 264 g/mol. The van der Waals surface area contributed by atoms with Crippen molar-refractivity contribution in [2.75, 3.05) is 0 Å². The number of nitrogen functional groups attached to an aromatic ring is 1. The van der Waals surface area contributed by atoms with E-state index in [0.29, 0.717) is 11.3 Å². The molecule has 0 fully saturated rings. The average Bonchev–Trinajstić information content (AvgIpc) is 2.46. The molecule has 1 aromatic carbocycles. The standard InChI is InChI=1S/C17H28N2O2/c1-7-16(3,4)12-9-11(15(21)19-18)10-13(14(12)20)17(5,6)8-2/h9-10,20H,7-8,18H2,1-6H3,(H,19,21). The molecule has 0 aromatic heterocycles. The predicted octanol–water partition coefficient (Wildman–Crippen LogP) is 3.37. The van der Waals surface area contributed by atoms with E-state index < -0.39 is 0 Å². The van der Waals surface area contributed by atoms with Crippen LogP contribution in [0.5, 0.6) is 5.75 Å². The van der Waals surface area contributed by atoms with Crippen molar-refractivity contribution in [1.82, 2.24) is 5.43 Å². The third-order valence-electron chi connectivity index (χ3n) is 4.73. The molecule has 0 aliphatic heterocycles. The summed E-state index contributed by atoms with van der Waals surface area (Å²) in [5.41, 5.74) is 3.82. The van der Waals surface area contributed by atoms with Crippen LogP contribution in [0.4, 0.5) is 0 Å². The lowest BCUT2D eigenvalue weighted by Gasteiger charge is -2.31. The SMILES string of the molecule is CCC(C)(C)c1cc(C(=O)NN)cc(C(C)(C)CC)c1O. The molecule has 0 spiro atoms. The van der Waals surface area contributed by atoms with Crippen molar-refractivity contribution in [1.29, 1.82) is 0 Å². The lowest BCUT2D eigenvalue weighted by Crippen LogP contribution is -2.31. The number of carbonyl (C=O) groups excluding carboxylic acids is 1. The first-order valence-electron chi connectivity index (χ1n) is 7.49. The number of amides is 1. The van der Waals surface area contributed by atoms with Gasteiger partial charge in [-0.3, -0.25) is 10.2 Å². The number of aromatic hydroxyl groups is 1. The number of benzene rings is 1. The third kappa shape index (κ3) is 3.38. The van der Waals surface area contributed by atoms with Crippen LogP contribution in [0, 0.1) is 0 Å². The highest BCUT2D eigenvalue weighted by molar-refractivity contribution is 5.94. The maximum atomic E-state index is 11.9. The fourth-order valence-corrected chi connectivity index (χ4v) is 2.26. The number of hydrogen-bond acceptors (Lipinski definition) is 3. The van der Waals surface area contributed by atoms with Crippen LogP contribution < -0.4 is 11.3 Å². The molecule has 0 atom stereocenters. The van der Waals surface area contributed by atoms with E-state index in [1.54, 1.807) is 12.1 Å². The second-order valence-electron chi connectivity index (χ2n) is 6.87. The van der Waals surface area contributed by atoms with Crippen molar-refractivity contribution in [2.24, 2.45) is 5.84 Å². The van der Waals surface area contributed by atoms with Crippen LogP contribution in [0.3, 0.4) is 0 Å². The first-order chi connectivity index (χ1) is 9.60. The van der Waals surface area contributed by atoms with Crippen LogP contribution in [0.15, 0.2) is 12.1 Å². The van der Waals surface area contributed by atoms with Crippen molar-refractivity contribution < 1.29 is 9.90 Å². The van der Waals surface area contributed by atoms with E-state index in [2.05, 4.69) is 47.0 Å². The Bertz CT molecular complexity index is 497. The van der Waals surface area contributed by atoms with Gasteiger partial charge in [0.15, 0.2) is 0 Å². The molecule has 4 heteroatoms. The Morgan fingerprint density at radius 1 is 1.10 bits per heavy atom. The Morgan fingerprint density at radius 2 is 1.48 bits per heavy atom. The maximum Gasteiger partial charge on any atom is 0.265 e. The van der Waals surface area contributed by atoms with E-state index in [9.17, 15) is 9.90 Å². The Balaban J connectivity index is 3.66. The van der Waals surface area contributed by atoms with E-state index in [0.717, 1.165) is 24.0 Å². The van der Waals surface area contributed by atoms with Gasteiger partial charge in [0.2, 0.25) is 0 Å². The topological polar surface area (TPSA) is 75.4 Å². The van der Waals surface area contributed by atoms with Crippen LogP contribution in [0.2, 0.25) is 0 Å². The Kier molecular flexibility index (Phi) is 5.05. The molecule has 4 N–H and O–H groups in total. The van der Waals surface area contributed by atoms with E-state index in [1.165, 1.54) is 0 Å². The predicted molar refractivity (Wildman–Crippen MR) is 86.4 cm³/mol. The summed E-state index contributed by atoms with van der Waals surface area (Å²) in [7, 11) is 0. The van der Waals surface area contributed by atoms with Crippen LogP contribution in [-0.2, 0) is 10.8 Å². The van der Waals surface area contributed by atoms with E-state index in [4.69, 9.17) is 5.84 Å². The zero-order chi connectivity index (χ0) is 16.4. The molecule has 0 heterocycles. The normalized spacial score (nSPS) is 12.3. The summed E-state index contributed by atoms with van der Waals surface area (Å²) in [4.78, 5) is 11.9. The molecule has 0 bridgehead atoms. The highest BCUT2D eigenvalue weighted by Gasteiger charge is 2.30. The van der Waals surface area contributed by atoms with Crippen molar-refractivity contribution >= 4 is 5.91 Å². The van der Waals surface area contributed by atoms with Crippen molar-refractivity contribution in [3.05, 3.63) is 28.8 Å². The van der Waals surface area contributed by atoms with Crippen molar-refractivity contribution in [3.8, 4) is 5.75 Å². The number of nitrogens with one attached hydrogen (secondary N) is 1. The van der Waals surface area contributed by atoms with Gasteiger partial charge >= 0.3 is 0 Å². The number of nitrogens with two attached hydrogens (primary N) is 1. The summed E-state index contributed by atoms with van der Waals surface area (Å²) < 4.78 is 0.